The molecule has 62 heavy (non-hydrogen) atoms. The van der Waals surface area contributed by atoms with E-state index < -0.39 is 118 Å². The molecule has 4 aliphatic heterocycles. The Balaban J connectivity index is 0.942. The van der Waals surface area contributed by atoms with Gasteiger partial charge in [0.1, 0.15) is 47.2 Å². The van der Waals surface area contributed by atoms with E-state index in [1.807, 2.05) is 0 Å². The summed E-state index contributed by atoms with van der Waals surface area (Å²) in [5.41, 5.74) is -4.41. The molecule has 2 unspecified atom stereocenters. The number of carbonyl (C=O) groups is 6. The van der Waals surface area contributed by atoms with Gasteiger partial charge in [0.2, 0.25) is 17.6 Å². The Morgan fingerprint density at radius 1 is 1.00 bits per heavy atom. The average molecular weight is 881 g/mol. The van der Waals surface area contributed by atoms with Gasteiger partial charge in [-0.1, -0.05) is 12.1 Å². The summed E-state index contributed by atoms with van der Waals surface area (Å²) < 4.78 is 30.9. The number of nitrogens with zero attached hydrogens (tertiary/aromatic N) is 2. The van der Waals surface area contributed by atoms with Crippen LogP contribution in [0.25, 0.3) is 0 Å². The number of aliphatic carboxylic acids is 1. The molecule has 7 aliphatic rings. The first-order valence-corrected chi connectivity index (χ1v) is 21.9. The molecular weight excluding hydrogens is 833 g/mol. The van der Waals surface area contributed by atoms with Gasteiger partial charge < -0.3 is 49.2 Å². The van der Waals surface area contributed by atoms with Crippen molar-refractivity contribution in [3.8, 4) is 17.2 Å². The van der Waals surface area contributed by atoms with Gasteiger partial charge in [0, 0.05) is 61.5 Å². The van der Waals surface area contributed by atoms with Crippen molar-refractivity contribution in [2.24, 2.45) is 11.8 Å². The molecule has 9 atom stereocenters. The van der Waals surface area contributed by atoms with E-state index in [1.54, 1.807) is 6.92 Å². The third-order valence-electron chi connectivity index (χ3n) is 13.7. The lowest BCUT2D eigenvalue weighted by Gasteiger charge is -2.43. The summed E-state index contributed by atoms with van der Waals surface area (Å²) in [7, 11) is 1.33. The second kappa shape index (κ2) is 16.3. The van der Waals surface area contributed by atoms with Crippen molar-refractivity contribution in [1.29, 1.82) is 0 Å². The highest BCUT2D eigenvalue weighted by Crippen LogP contribution is 2.53. The van der Waals surface area contributed by atoms with Crippen molar-refractivity contribution in [2.45, 2.75) is 111 Å². The maximum Gasteiger partial charge on any atom is 0.306 e. The molecule has 9 rings (SSSR count). The SMILES string of the molecule is COc1cccc2c1C(=O)c1c(O)c3c(c(O)c1C2=O)C[C@@](O)(C(=O)CO)C[C@@H]3O[C@H]1C[C@H]2[C@H](O[C@@H]3C(SC4CC(=O)N(CC5CCC(C(=O)O)CC5)C4=O)OCCN32)[C@H](C)O1. The number of aromatic hydroxyl groups is 2. The Morgan fingerprint density at radius 3 is 2.45 bits per heavy atom. The molecule has 5 N–H and O–H groups in total. The minimum Gasteiger partial charge on any atom is -0.507 e. The molecule has 19 heteroatoms. The fraction of sp³-hybridized carbons (Fsp3) is 0.581. The number of ketones is 3. The summed E-state index contributed by atoms with van der Waals surface area (Å²) in [5.74, 6) is -5.62. The van der Waals surface area contributed by atoms with Crippen molar-refractivity contribution in [2.75, 3.05) is 33.4 Å². The van der Waals surface area contributed by atoms with Crippen molar-refractivity contribution in [3.05, 3.63) is 51.6 Å². The van der Waals surface area contributed by atoms with Crippen LogP contribution in [-0.2, 0) is 44.5 Å². The lowest BCUT2D eigenvalue weighted by atomic mass is 9.72. The van der Waals surface area contributed by atoms with Crippen LogP contribution in [-0.4, -0.2) is 151 Å². The summed E-state index contributed by atoms with van der Waals surface area (Å²) >= 11 is 1.23. The smallest absolute Gasteiger partial charge is 0.306 e. The number of methoxy groups -OCH3 is 1. The standard InChI is InChI=1S/C43H48N2O16S/c1-18-38-23(44-10-11-58-42(40(44)61-38)62-26-13-28(48)45(39(26)53)16-19-6-8-20(9-7-19)41(54)55)12-29(59-18)60-25-15-43(56,27(47)17-46)14-22-31(25)37(52)33-32(35(22)50)34(49)21-4-3-5-24(57-2)30(21)36(33)51/h3-5,18-20,23,25-26,29,38,40,42,46,50,52,56H,6-17H2,1-2H3,(H,54,55)/t18-,19?,20?,23-,25-,26?,29-,38+,40+,42?,43-/m0/s1. The number of rotatable bonds is 10. The predicted octanol–water partition coefficient (Wildman–Crippen LogP) is 1.82. The van der Waals surface area contributed by atoms with Gasteiger partial charge in [-0.25, -0.2) is 0 Å². The number of benzene rings is 2. The molecule has 0 aromatic heterocycles. The van der Waals surface area contributed by atoms with Crippen LogP contribution >= 0.6 is 11.8 Å². The van der Waals surface area contributed by atoms with Gasteiger partial charge >= 0.3 is 5.97 Å². The summed E-state index contributed by atoms with van der Waals surface area (Å²) in [6, 6.07) is 4.05. The molecule has 2 aromatic carbocycles. The normalized spacial score (nSPS) is 34.3. The fourth-order valence-corrected chi connectivity index (χ4v) is 11.9. The number of Topliss-reactive ketones (excluding diaryl/α,β-unsaturated/α-hetero) is 1. The van der Waals surface area contributed by atoms with Gasteiger partial charge in [0.25, 0.3) is 0 Å². The number of thioether (sulfide) groups is 1. The maximum absolute atomic E-state index is 14.1. The number of morpholine rings is 1. The number of aliphatic hydroxyl groups excluding tert-OH is 1. The lowest BCUT2D eigenvalue weighted by Crippen LogP contribution is -2.54. The molecule has 0 spiro atoms. The molecule has 3 aliphatic carbocycles. The van der Waals surface area contributed by atoms with Crippen LogP contribution in [0, 0.1) is 11.8 Å². The van der Waals surface area contributed by atoms with Gasteiger partial charge in [-0.15, -0.1) is 11.8 Å². The molecule has 0 radical (unpaired) electrons. The van der Waals surface area contributed by atoms with Gasteiger partial charge in [0.05, 0.1) is 53.8 Å². The molecular formula is C43H48N2O16S. The van der Waals surface area contributed by atoms with E-state index in [0.29, 0.717) is 32.2 Å². The van der Waals surface area contributed by atoms with E-state index >= 15 is 0 Å². The zero-order valence-corrected chi connectivity index (χ0v) is 34.8. The minimum absolute atomic E-state index is 0.00223. The minimum atomic E-state index is -2.30. The molecule has 4 saturated heterocycles. The number of carbonyl (C=O) groups excluding carboxylic acids is 5. The van der Waals surface area contributed by atoms with Crippen molar-refractivity contribution in [1.82, 2.24) is 9.80 Å². The number of aliphatic hydroxyl groups is 2. The molecule has 5 fully saturated rings. The zero-order chi connectivity index (χ0) is 43.9. The fourth-order valence-electron chi connectivity index (χ4n) is 10.6. The first-order chi connectivity index (χ1) is 29.6. The third-order valence-corrected chi connectivity index (χ3v) is 15.1. The number of ether oxygens (including phenoxy) is 5. The summed E-state index contributed by atoms with van der Waals surface area (Å²) in [5, 5.41) is 53.9. The van der Waals surface area contributed by atoms with Gasteiger partial charge in [-0.3, -0.25) is 38.6 Å². The van der Waals surface area contributed by atoms with Crippen molar-refractivity contribution >= 4 is 46.9 Å². The Kier molecular flexibility index (Phi) is 11.2. The number of carboxylic acid groups (broad SMARTS) is 1. The number of phenolic OH excluding ortho intramolecular Hbond substituents is 2. The van der Waals surface area contributed by atoms with Gasteiger partial charge in [-0.05, 0) is 44.6 Å². The van der Waals surface area contributed by atoms with Crippen LogP contribution in [0.2, 0.25) is 0 Å². The van der Waals surface area contributed by atoms with E-state index in [1.165, 1.54) is 42.0 Å². The Bertz CT molecular complexity index is 2240. The largest absolute Gasteiger partial charge is 0.507 e. The summed E-state index contributed by atoms with van der Waals surface area (Å²) in [4.78, 5) is 82.6. The number of fused-ring (bicyclic) bond motifs is 6. The van der Waals surface area contributed by atoms with Gasteiger partial charge in [0.15, 0.2) is 17.9 Å². The second-order valence-electron chi connectivity index (χ2n) is 17.3. The monoisotopic (exact) mass is 880 g/mol. The topological polar surface area (TPSA) is 256 Å². The Labute approximate surface area is 359 Å². The molecule has 332 valence electrons. The van der Waals surface area contributed by atoms with E-state index in [-0.39, 0.29) is 77.8 Å². The summed E-state index contributed by atoms with van der Waals surface area (Å²) in [6.45, 7) is 1.73. The highest BCUT2D eigenvalue weighted by atomic mass is 32.2. The summed E-state index contributed by atoms with van der Waals surface area (Å²) in [6.07, 6.45) is -2.81. The first kappa shape index (κ1) is 42.8. The second-order valence-corrected chi connectivity index (χ2v) is 18.6. The van der Waals surface area contributed by atoms with Crippen LogP contribution in [0.1, 0.15) is 101 Å². The molecule has 2 aromatic rings. The number of likely N-dealkylation sites (tertiary alicyclic amines) is 1. The number of imide groups is 1. The molecule has 0 bridgehead atoms. The van der Waals surface area contributed by atoms with E-state index in [2.05, 4.69) is 4.90 Å². The van der Waals surface area contributed by atoms with E-state index in [0.717, 1.165) is 0 Å². The zero-order valence-electron chi connectivity index (χ0n) is 34.0. The van der Waals surface area contributed by atoms with Crippen LogP contribution in [0.5, 0.6) is 17.2 Å². The van der Waals surface area contributed by atoms with Crippen LogP contribution in [0.3, 0.4) is 0 Å². The van der Waals surface area contributed by atoms with Gasteiger partial charge in [-0.2, -0.15) is 0 Å². The van der Waals surface area contributed by atoms with Crippen LogP contribution in [0.15, 0.2) is 18.2 Å². The highest BCUT2D eigenvalue weighted by molar-refractivity contribution is 8.01. The van der Waals surface area contributed by atoms with Crippen molar-refractivity contribution in [3.63, 3.8) is 0 Å². The first-order valence-electron chi connectivity index (χ1n) is 20.9. The quantitative estimate of drug-likeness (QED) is 0.144. The molecule has 18 nitrogen and oxygen atoms in total. The highest BCUT2D eigenvalue weighted by Gasteiger charge is 2.56. The Morgan fingerprint density at radius 2 is 1.74 bits per heavy atom. The number of hydrogen-bond donors (Lipinski definition) is 5. The molecule has 2 amide bonds. The van der Waals surface area contributed by atoms with E-state index in [9.17, 15) is 54.3 Å². The van der Waals surface area contributed by atoms with Crippen molar-refractivity contribution < 1.29 is 78.0 Å². The number of amides is 2. The molecule has 1 saturated carbocycles. The lowest BCUT2D eigenvalue weighted by molar-refractivity contribution is -0.247. The number of carboxylic acids is 1. The van der Waals surface area contributed by atoms with Crippen LogP contribution in [0.4, 0.5) is 0 Å². The van der Waals surface area contributed by atoms with Crippen LogP contribution < -0.4 is 4.74 Å². The number of hydrogen-bond acceptors (Lipinski definition) is 17. The average Bonchev–Trinajstić information content (AvgIpc) is 3.76. The molecule has 4 heterocycles. The predicted molar refractivity (Wildman–Crippen MR) is 212 cm³/mol. The maximum atomic E-state index is 14.1. The third kappa shape index (κ3) is 7.01. The number of phenols is 2. The Hall–Kier alpha value is -4.47. The van der Waals surface area contributed by atoms with E-state index in [4.69, 9.17) is 23.7 Å².